The summed E-state index contributed by atoms with van der Waals surface area (Å²) in [5.41, 5.74) is 0.966. The van der Waals surface area contributed by atoms with Crippen LogP contribution in [0.3, 0.4) is 0 Å². The lowest BCUT2D eigenvalue weighted by Gasteiger charge is -2.22. The van der Waals surface area contributed by atoms with Gasteiger partial charge in [0.25, 0.3) is 5.91 Å². The molecule has 0 saturated heterocycles. The fourth-order valence-corrected chi connectivity index (χ4v) is 3.74. The second-order valence-electron chi connectivity index (χ2n) is 5.51. The fourth-order valence-electron chi connectivity index (χ4n) is 2.15. The largest absolute Gasteiger partial charge is 0.455 e. The van der Waals surface area contributed by atoms with E-state index in [0.717, 1.165) is 10.7 Å². The SMILES string of the molecule is Cc1csc([C@H](C)N(C)C(=O)c2ccc(CSc3ncccn3)o2)n1. The van der Waals surface area contributed by atoms with E-state index < -0.39 is 0 Å². The van der Waals surface area contributed by atoms with E-state index in [1.165, 1.54) is 11.8 Å². The molecule has 0 fully saturated rings. The van der Waals surface area contributed by atoms with Crippen molar-refractivity contribution in [2.24, 2.45) is 0 Å². The first-order valence-electron chi connectivity index (χ1n) is 7.72. The molecular weight excluding hydrogens is 356 g/mol. The van der Waals surface area contributed by atoms with Crippen LogP contribution in [-0.4, -0.2) is 32.8 Å². The van der Waals surface area contributed by atoms with Crippen LogP contribution >= 0.6 is 23.1 Å². The van der Waals surface area contributed by atoms with Crippen molar-refractivity contribution in [3.05, 3.63) is 58.2 Å². The molecule has 3 rings (SSSR count). The predicted molar refractivity (Wildman–Crippen MR) is 97.7 cm³/mol. The number of carbonyl (C=O) groups is 1. The topological polar surface area (TPSA) is 72.1 Å². The molecule has 0 spiro atoms. The van der Waals surface area contributed by atoms with Crippen LogP contribution < -0.4 is 0 Å². The van der Waals surface area contributed by atoms with Gasteiger partial charge in [-0.2, -0.15) is 0 Å². The zero-order valence-electron chi connectivity index (χ0n) is 14.2. The van der Waals surface area contributed by atoms with Gasteiger partial charge in [0, 0.05) is 30.5 Å². The molecule has 0 unspecified atom stereocenters. The van der Waals surface area contributed by atoms with Crippen molar-refractivity contribution in [1.82, 2.24) is 19.9 Å². The standard InChI is InChI=1S/C17H18N4O2S2/c1-11-9-24-15(20-11)12(2)21(3)16(22)14-6-5-13(23-14)10-25-17-18-7-4-8-19-17/h4-9,12H,10H2,1-3H3/t12-/m0/s1. The summed E-state index contributed by atoms with van der Waals surface area (Å²) in [5.74, 6) is 1.45. The maximum Gasteiger partial charge on any atom is 0.289 e. The van der Waals surface area contributed by atoms with Crippen molar-refractivity contribution in [2.75, 3.05) is 7.05 Å². The van der Waals surface area contributed by atoms with E-state index in [1.807, 2.05) is 25.3 Å². The van der Waals surface area contributed by atoms with E-state index in [-0.39, 0.29) is 11.9 Å². The molecule has 25 heavy (non-hydrogen) atoms. The van der Waals surface area contributed by atoms with Gasteiger partial charge < -0.3 is 9.32 Å². The third-order valence-electron chi connectivity index (χ3n) is 3.65. The summed E-state index contributed by atoms with van der Waals surface area (Å²) in [5, 5.41) is 3.58. The van der Waals surface area contributed by atoms with Gasteiger partial charge in [0.15, 0.2) is 10.9 Å². The number of furan rings is 1. The number of rotatable bonds is 6. The van der Waals surface area contributed by atoms with E-state index in [1.54, 1.807) is 47.8 Å². The zero-order valence-corrected chi connectivity index (χ0v) is 15.8. The van der Waals surface area contributed by atoms with E-state index in [0.29, 0.717) is 22.4 Å². The van der Waals surface area contributed by atoms with Gasteiger partial charge >= 0.3 is 0 Å². The van der Waals surface area contributed by atoms with Crippen LogP contribution in [-0.2, 0) is 5.75 Å². The van der Waals surface area contributed by atoms with Crippen LogP contribution in [0, 0.1) is 6.92 Å². The van der Waals surface area contributed by atoms with Crippen LogP contribution in [0.1, 0.15) is 40.0 Å². The highest BCUT2D eigenvalue weighted by Gasteiger charge is 2.23. The average Bonchev–Trinajstić information content (AvgIpc) is 3.28. The van der Waals surface area contributed by atoms with Gasteiger partial charge in [0.05, 0.1) is 11.8 Å². The van der Waals surface area contributed by atoms with Gasteiger partial charge in [-0.05, 0) is 32.0 Å². The lowest BCUT2D eigenvalue weighted by Crippen LogP contribution is -2.29. The Labute approximate surface area is 154 Å². The number of carbonyl (C=O) groups excluding carboxylic acids is 1. The molecule has 0 aliphatic rings. The number of amides is 1. The summed E-state index contributed by atoms with van der Waals surface area (Å²) in [4.78, 5) is 27.0. The van der Waals surface area contributed by atoms with Crippen molar-refractivity contribution in [3.8, 4) is 0 Å². The summed E-state index contributed by atoms with van der Waals surface area (Å²) in [6, 6.07) is 5.19. The second kappa shape index (κ2) is 7.79. The number of nitrogens with zero attached hydrogens (tertiary/aromatic N) is 4. The van der Waals surface area contributed by atoms with Crippen LogP contribution in [0.25, 0.3) is 0 Å². The molecule has 3 aromatic heterocycles. The molecule has 0 radical (unpaired) electrons. The molecule has 0 N–H and O–H groups in total. The predicted octanol–water partition coefficient (Wildman–Crippen LogP) is 3.96. The Hall–Kier alpha value is -2.19. The molecule has 0 bridgehead atoms. The third-order valence-corrected chi connectivity index (χ3v) is 5.68. The van der Waals surface area contributed by atoms with E-state index in [4.69, 9.17) is 4.42 Å². The van der Waals surface area contributed by atoms with Gasteiger partial charge in [-0.15, -0.1) is 11.3 Å². The molecule has 1 atom stereocenters. The van der Waals surface area contributed by atoms with E-state index >= 15 is 0 Å². The molecular formula is C17H18N4O2S2. The minimum Gasteiger partial charge on any atom is -0.455 e. The maximum atomic E-state index is 12.6. The monoisotopic (exact) mass is 374 g/mol. The number of hydrogen-bond acceptors (Lipinski definition) is 7. The highest BCUT2D eigenvalue weighted by Crippen LogP contribution is 2.25. The summed E-state index contributed by atoms with van der Waals surface area (Å²) < 4.78 is 5.69. The quantitative estimate of drug-likeness (QED) is 0.480. The zero-order chi connectivity index (χ0) is 17.8. The minimum absolute atomic E-state index is 0.105. The van der Waals surface area contributed by atoms with Crippen molar-refractivity contribution in [3.63, 3.8) is 0 Å². The van der Waals surface area contributed by atoms with Gasteiger partial charge in [-0.25, -0.2) is 15.0 Å². The summed E-state index contributed by atoms with van der Waals surface area (Å²) in [7, 11) is 1.76. The van der Waals surface area contributed by atoms with Crippen molar-refractivity contribution in [2.45, 2.75) is 30.8 Å². The normalized spacial score (nSPS) is 12.1. The molecule has 0 aromatic carbocycles. The van der Waals surface area contributed by atoms with Crippen LogP contribution in [0.4, 0.5) is 0 Å². The first kappa shape index (κ1) is 17.6. The fraction of sp³-hybridized carbons (Fsp3) is 0.294. The molecule has 3 aromatic rings. The van der Waals surface area contributed by atoms with E-state index in [2.05, 4.69) is 15.0 Å². The lowest BCUT2D eigenvalue weighted by atomic mass is 10.3. The molecule has 1 amide bonds. The maximum absolute atomic E-state index is 12.6. The Bertz CT molecular complexity index is 847. The van der Waals surface area contributed by atoms with Crippen molar-refractivity contribution < 1.29 is 9.21 Å². The first-order valence-corrected chi connectivity index (χ1v) is 9.59. The third kappa shape index (κ3) is 4.26. The lowest BCUT2D eigenvalue weighted by molar-refractivity contribution is 0.0708. The molecule has 0 aliphatic carbocycles. The molecule has 0 saturated carbocycles. The molecule has 130 valence electrons. The first-order chi connectivity index (χ1) is 12.0. The average molecular weight is 374 g/mol. The van der Waals surface area contributed by atoms with Crippen LogP contribution in [0.5, 0.6) is 0 Å². The second-order valence-corrected chi connectivity index (χ2v) is 7.34. The number of hydrogen-bond donors (Lipinski definition) is 0. The highest BCUT2D eigenvalue weighted by atomic mass is 32.2. The Morgan fingerprint density at radius 2 is 2.12 bits per heavy atom. The Morgan fingerprint density at radius 3 is 2.80 bits per heavy atom. The summed E-state index contributed by atoms with van der Waals surface area (Å²) >= 11 is 3.02. The van der Waals surface area contributed by atoms with Crippen LogP contribution in [0.2, 0.25) is 0 Å². The Kier molecular flexibility index (Phi) is 5.50. The van der Waals surface area contributed by atoms with Gasteiger partial charge in [0.1, 0.15) is 10.8 Å². The van der Waals surface area contributed by atoms with Gasteiger partial charge in [-0.3, -0.25) is 4.79 Å². The minimum atomic E-state index is -0.160. The summed E-state index contributed by atoms with van der Waals surface area (Å²) in [6.45, 7) is 3.91. The molecule has 6 nitrogen and oxygen atoms in total. The van der Waals surface area contributed by atoms with Gasteiger partial charge in [0.2, 0.25) is 0 Å². The Morgan fingerprint density at radius 1 is 1.36 bits per heavy atom. The molecule has 8 heteroatoms. The number of aromatic nitrogens is 3. The Balaban J connectivity index is 1.63. The van der Waals surface area contributed by atoms with E-state index in [9.17, 15) is 4.79 Å². The number of thiazole rings is 1. The number of aryl methyl sites for hydroxylation is 1. The number of thioether (sulfide) groups is 1. The van der Waals surface area contributed by atoms with Gasteiger partial charge in [-0.1, -0.05) is 11.8 Å². The van der Waals surface area contributed by atoms with Crippen LogP contribution in [0.15, 0.2) is 45.5 Å². The van der Waals surface area contributed by atoms with Crippen molar-refractivity contribution in [1.29, 1.82) is 0 Å². The smallest absolute Gasteiger partial charge is 0.289 e. The molecule has 3 heterocycles. The highest BCUT2D eigenvalue weighted by molar-refractivity contribution is 7.98. The summed E-state index contributed by atoms with van der Waals surface area (Å²) in [6.07, 6.45) is 3.40. The molecule has 0 aliphatic heterocycles. The van der Waals surface area contributed by atoms with Crippen molar-refractivity contribution >= 4 is 29.0 Å².